The molecule has 2 atom stereocenters. The predicted molar refractivity (Wildman–Crippen MR) is 129 cm³/mol. The Bertz CT molecular complexity index is 904. The molecular weight excluding hydrogens is 396 g/mol. The zero-order chi connectivity index (χ0) is 22.1. The number of Topliss-reactive ketones (excluding diaryl/α,β-unsaturated/α-hetero) is 1. The molecule has 170 valence electrons. The van der Waals surface area contributed by atoms with Crippen LogP contribution in [0.5, 0.6) is 0 Å². The molecule has 1 saturated carbocycles. The maximum absolute atomic E-state index is 11.6. The van der Waals surface area contributed by atoms with Gasteiger partial charge in [0, 0.05) is 49.0 Å². The molecule has 5 heteroatoms. The van der Waals surface area contributed by atoms with Crippen LogP contribution in [0.15, 0.2) is 36.7 Å². The summed E-state index contributed by atoms with van der Waals surface area (Å²) in [5, 5.41) is 0. The van der Waals surface area contributed by atoms with Crippen LogP contribution in [0.4, 0.5) is 5.95 Å². The number of piperazine rings is 1. The second kappa shape index (κ2) is 9.30. The van der Waals surface area contributed by atoms with Gasteiger partial charge >= 0.3 is 0 Å². The van der Waals surface area contributed by atoms with E-state index in [1.54, 1.807) is 6.92 Å². The van der Waals surface area contributed by atoms with Gasteiger partial charge in [0.05, 0.1) is 0 Å². The third kappa shape index (κ3) is 4.45. The molecule has 0 amide bonds. The third-order valence-electron chi connectivity index (χ3n) is 8.11. The maximum atomic E-state index is 11.6. The minimum atomic E-state index is 0.308. The lowest BCUT2D eigenvalue weighted by Gasteiger charge is -2.40. The Morgan fingerprint density at radius 2 is 1.53 bits per heavy atom. The van der Waals surface area contributed by atoms with E-state index in [4.69, 9.17) is 9.97 Å². The molecule has 0 spiro atoms. The molecule has 1 aromatic carbocycles. The van der Waals surface area contributed by atoms with Crippen LogP contribution in [0.3, 0.4) is 0 Å². The second-order valence-electron chi connectivity index (χ2n) is 10.1. The molecule has 2 aliphatic heterocycles. The van der Waals surface area contributed by atoms with Crippen LogP contribution in [-0.2, 0) is 11.2 Å². The summed E-state index contributed by atoms with van der Waals surface area (Å²) >= 11 is 0. The van der Waals surface area contributed by atoms with Gasteiger partial charge in [0.2, 0.25) is 5.95 Å². The highest BCUT2D eigenvalue weighted by Crippen LogP contribution is 2.34. The standard InChI is InChI=1S/C27H36N4O/c1-3-30-17-25-12-13-26(18-30)31(25)27-28-15-24(16-29-27)23-10-6-21(7-11-23)14-20-4-8-22(9-5-20)19(2)32/h6-7,10-11,15-16,20,22,25-26H,3-5,8-9,12-14,17-18H2,1-2H3/t20-,22-,25?,26?. The summed E-state index contributed by atoms with van der Waals surface area (Å²) in [5.74, 6) is 2.29. The molecule has 5 rings (SSSR count). The van der Waals surface area contributed by atoms with Crippen LogP contribution < -0.4 is 4.90 Å². The lowest BCUT2D eigenvalue weighted by molar-refractivity contribution is -0.121. The SMILES string of the molecule is CCN1CC2CCC(C1)N2c1ncc(-c2ccc(C[C@H]3CC[C@H](C(C)=O)CC3)cc2)cn1. The van der Waals surface area contributed by atoms with Crippen molar-refractivity contribution in [2.45, 2.75) is 70.9 Å². The van der Waals surface area contributed by atoms with E-state index in [2.05, 4.69) is 41.0 Å². The first-order valence-corrected chi connectivity index (χ1v) is 12.5. The fourth-order valence-electron chi connectivity index (χ4n) is 6.12. The number of benzene rings is 1. The molecule has 3 fully saturated rings. The van der Waals surface area contributed by atoms with E-state index in [0.717, 1.165) is 50.4 Å². The van der Waals surface area contributed by atoms with Crippen molar-refractivity contribution >= 4 is 11.7 Å². The number of anilines is 1. The number of carbonyl (C=O) groups is 1. The largest absolute Gasteiger partial charge is 0.332 e. The zero-order valence-corrected chi connectivity index (χ0v) is 19.5. The van der Waals surface area contributed by atoms with Crippen LogP contribution in [-0.4, -0.2) is 52.4 Å². The normalized spacial score (nSPS) is 28.1. The van der Waals surface area contributed by atoms with Crippen LogP contribution in [0.25, 0.3) is 11.1 Å². The summed E-state index contributed by atoms with van der Waals surface area (Å²) in [6.07, 6.45) is 12.1. The van der Waals surface area contributed by atoms with Crippen molar-refractivity contribution < 1.29 is 4.79 Å². The van der Waals surface area contributed by atoms with Gasteiger partial charge in [-0.05, 0) is 75.5 Å². The summed E-state index contributed by atoms with van der Waals surface area (Å²) in [5.41, 5.74) is 3.66. The summed E-state index contributed by atoms with van der Waals surface area (Å²) in [7, 11) is 0. The van der Waals surface area contributed by atoms with E-state index in [1.165, 1.54) is 36.8 Å². The van der Waals surface area contributed by atoms with Crippen LogP contribution >= 0.6 is 0 Å². The monoisotopic (exact) mass is 432 g/mol. The van der Waals surface area contributed by atoms with Crippen molar-refractivity contribution in [3.8, 4) is 11.1 Å². The number of hydrogen-bond acceptors (Lipinski definition) is 5. The number of aromatic nitrogens is 2. The van der Waals surface area contributed by atoms with Gasteiger partial charge in [-0.3, -0.25) is 9.69 Å². The smallest absolute Gasteiger partial charge is 0.225 e. The van der Waals surface area contributed by atoms with Gasteiger partial charge in [-0.1, -0.05) is 31.2 Å². The molecule has 32 heavy (non-hydrogen) atoms. The van der Waals surface area contributed by atoms with E-state index in [0.29, 0.717) is 29.7 Å². The molecule has 5 nitrogen and oxygen atoms in total. The Labute approximate surface area is 192 Å². The Balaban J connectivity index is 1.20. The average molecular weight is 433 g/mol. The first kappa shape index (κ1) is 21.6. The Hall–Kier alpha value is -2.27. The Kier molecular flexibility index (Phi) is 6.27. The fourth-order valence-corrected chi connectivity index (χ4v) is 6.12. The van der Waals surface area contributed by atoms with Crippen LogP contribution in [0.2, 0.25) is 0 Å². The van der Waals surface area contributed by atoms with E-state index in [9.17, 15) is 4.79 Å². The van der Waals surface area contributed by atoms with E-state index >= 15 is 0 Å². The fraction of sp³-hybridized carbons (Fsp3) is 0.593. The van der Waals surface area contributed by atoms with Gasteiger partial charge in [0.15, 0.2) is 0 Å². The van der Waals surface area contributed by atoms with Gasteiger partial charge in [-0.2, -0.15) is 0 Å². The van der Waals surface area contributed by atoms with Crippen LogP contribution in [0.1, 0.15) is 57.9 Å². The lowest BCUT2D eigenvalue weighted by Crippen LogP contribution is -2.54. The molecule has 3 aliphatic rings. The highest BCUT2D eigenvalue weighted by Gasteiger charge is 2.40. The number of nitrogens with zero attached hydrogens (tertiary/aromatic N) is 4. The average Bonchev–Trinajstić information content (AvgIpc) is 3.09. The highest BCUT2D eigenvalue weighted by molar-refractivity contribution is 5.78. The number of ketones is 1. The Morgan fingerprint density at radius 1 is 0.906 bits per heavy atom. The van der Waals surface area contributed by atoms with Crippen molar-refractivity contribution in [1.82, 2.24) is 14.9 Å². The number of likely N-dealkylation sites (tertiary alicyclic amines) is 1. The molecule has 2 saturated heterocycles. The first-order valence-electron chi connectivity index (χ1n) is 12.5. The van der Waals surface area contributed by atoms with Crippen molar-refractivity contribution in [3.63, 3.8) is 0 Å². The summed E-state index contributed by atoms with van der Waals surface area (Å²) in [6, 6.07) is 10.0. The van der Waals surface area contributed by atoms with Gasteiger partial charge in [0.25, 0.3) is 0 Å². The number of hydrogen-bond donors (Lipinski definition) is 0. The minimum absolute atomic E-state index is 0.308. The molecule has 0 radical (unpaired) electrons. The van der Waals surface area contributed by atoms with Crippen molar-refractivity contribution in [1.29, 1.82) is 0 Å². The molecule has 1 aliphatic carbocycles. The molecular formula is C27H36N4O. The third-order valence-corrected chi connectivity index (χ3v) is 8.11. The summed E-state index contributed by atoms with van der Waals surface area (Å²) in [6.45, 7) is 7.41. The topological polar surface area (TPSA) is 49.3 Å². The molecule has 1 aromatic heterocycles. The molecule has 0 N–H and O–H groups in total. The minimum Gasteiger partial charge on any atom is -0.332 e. The molecule has 2 bridgehead atoms. The van der Waals surface area contributed by atoms with E-state index < -0.39 is 0 Å². The number of fused-ring (bicyclic) bond motifs is 2. The number of likely N-dealkylation sites (N-methyl/N-ethyl adjacent to an activating group) is 1. The molecule has 2 aromatic rings. The second-order valence-corrected chi connectivity index (χ2v) is 10.1. The molecule has 3 heterocycles. The van der Waals surface area contributed by atoms with Crippen LogP contribution in [0, 0.1) is 11.8 Å². The first-order chi connectivity index (χ1) is 15.6. The quantitative estimate of drug-likeness (QED) is 0.659. The van der Waals surface area contributed by atoms with Gasteiger partial charge in [0.1, 0.15) is 5.78 Å². The number of carbonyl (C=O) groups excluding carboxylic acids is 1. The maximum Gasteiger partial charge on any atom is 0.225 e. The van der Waals surface area contributed by atoms with Crippen molar-refractivity contribution in [2.75, 3.05) is 24.5 Å². The van der Waals surface area contributed by atoms with E-state index in [1.807, 2.05) is 12.4 Å². The van der Waals surface area contributed by atoms with Crippen molar-refractivity contribution in [2.24, 2.45) is 11.8 Å². The van der Waals surface area contributed by atoms with Crippen molar-refractivity contribution in [3.05, 3.63) is 42.2 Å². The van der Waals surface area contributed by atoms with E-state index in [-0.39, 0.29) is 0 Å². The van der Waals surface area contributed by atoms with Gasteiger partial charge < -0.3 is 4.90 Å². The summed E-state index contributed by atoms with van der Waals surface area (Å²) in [4.78, 5) is 26.2. The highest BCUT2D eigenvalue weighted by atomic mass is 16.1. The Morgan fingerprint density at radius 3 is 2.09 bits per heavy atom. The number of rotatable bonds is 6. The summed E-state index contributed by atoms with van der Waals surface area (Å²) < 4.78 is 0. The predicted octanol–water partition coefficient (Wildman–Crippen LogP) is 4.75. The van der Waals surface area contributed by atoms with Gasteiger partial charge in [-0.15, -0.1) is 0 Å². The lowest BCUT2D eigenvalue weighted by atomic mass is 9.78. The molecule has 2 unspecified atom stereocenters. The zero-order valence-electron chi connectivity index (χ0n) is 19.5. The van der Waals surface area contributed by atoms with Gasteiger partial charge in [-0.25, -0.2) is 9.97 Å².